The molecule has 1 aromatic carbocycles. The first-order valence-electron chi connectivity index (χ1n) is 6.48. The van der Waals surface area contributed by atoms with Gasteiger partial charge >= 0.3 is 0 Å². The highest BCUT2D eigenvalue weighted by atomic mass is 79.9. The standard InChI is InChI=1S/C15H12BrN3O2/c1-2-14-18-13-6-5-10(16)8-12(13)15(20)19(14)17-9-11-4-3-7-21-11/h3-9H,2H2,1H3. The minimum absolute atomic E-state index is 0.194. The minimum Gasteiger partial charge on any atom is -0.463 e. The van der Waals surface area contributed by atoms with Crippen LogP contribution < -0.4 is 5.56 Å². The molecule has 106 valence electrons. The smallest absolute Gasteiger partial charge is 0.282 e. The Bertz CT molecular complexity index is 867. The maximum Gasteiger partial charge on any atom is 0.282 e. The molecule has 0 N–H and O–H groups in total. The summed E-state index contributed by atoms with van der Waals surface area (Å²) in [4.78, 5) is 17.1. The Kier molecular flexibility index (Phi) is 3.70. The Morgan fingerprint density at radius 3 is 3.00 bits per heavy atom. The first-order valence-corrected chi connectivity index (χ1v) is 7.27. The number of aromatic nitrogens is 2. The molecule has 0 spiro atoms. The van der Waals surface area contributed by atoms with Crippen molar-refractivity contribution < 1.29 is 4.42 Å². The van der Waals surface area contributed by atoms with E-state index in [1.807, 2.05) is 19.1 Å². The summed E-state index contributed by atoms with van der Waals surface area (Å²) < 4.78 is 7.33. The summed E-state index contributed by atoms with van der Waals surface area (Å²) in [5.74, 6) is 1.19. The molecule has 3 aromatic rings. The molecule has 0 aliphatic rings. The third-order valence-electron chi connectivity index (χ3n) is 3.04. The highest BCUT2D eigenvalue weighted by Gasteiger charge is 2.09. The molecule has 0 amide bonds. The molecule has 2 aromatic heterocycles. The Labute approximate surface area is 129 Å². The predicted molar refractivity (Wildman–Crippen MR) is 84.8 cm³/mol. The first-order chi connectivity index (χ1) is 10.2. The van der Waals surface area contributed by atoms with E-state index in [-0.39, 0.29) is 5.56 Å². The van der Waals surface area contributed by atoms with E-state index >= 15 is 0 Å². The van der Waals surface area contributed by atoms with Crippen LogP contribution in [0.1, 0.15) is 18.5 Å². The third-order valence-corrected chi connectivity index (χ3v) is 3.53. The van der Waals surface area contributed by atoms with E-state index in [1.165, 1.54) is 10.9 Å². The highest BCUT2D eigenvalue weighted by Crippen LogP contribution is 2.16. The van der Waals surface area contributed by atoms with E-state index in [2.05, 4.69) is 26.0 Å². The van der Waals surface area contributed by atoms with Crippen molar-refractivity contribution in [2.24, 2.45) is 5.10 Å². The van der Waals surface area contributed by atoms with Crippen LogP contribution in [0.25, 0.3) is 10.9 Å². The molecule has 0 aliphatic carbocycles. The normalized spacial score (nSPS) is 11.5. The van der Waals surface area contributed by atoms with Crippen LogP contribution in [-0.4, -0.2) is 15.9 Å². The number of furan rings is 1. The van der Waals surface area contributed by atoms with E-state index < -0.39 is 0 Å². The number of benzene rings is 1. The summed E-state index contributed by atoms with van der Waals surface area (Å²) in [6.07, 6.45) is 3.67. The molecule has 0 bridgehead atoms. The van der Waals surface area contributed by atoms with Crippen molar-refractivity contribution in [3.8, 4) is 0 Å². The minimum atomic E-state index is -0.194. The van der Waals surface area contributed by atoms with Gasteiger partial charge in [0.1, 0.15) is 11.6 Å². The van der Waals surface area contributed by atoms with Gasteiger partial charge in [-0.3, -0.25) is 4.79 Å². The van der Waals surface area contributed by atoms with Crippen LogP contribution in [-0.2, 0) is 6.42 Å². The molecule has 0 saturated carbocycles. The fourth-order valence-electron chi connectivity index (χ4n) is 2.02. The van der Waals surface area contributed by atoms with Crippen LogP contribution in [0.15, 0.2) is 55.4 Å². The number of hydrogen-bond acceptors (Lipinski definition) is 4. The monoisotopic (exact) mass is 345 g/mol. The lowest BCUT2D eigenvalue weighted by Crippen LogP contribution is -2.22. The molecule has 0 saturated heterocycles. The van der Waals surface area contributed by atoms with Crippen LogP contribution in [0.4, 0.5) is 0 Å². The zero-order valence-electron chi connectivity index (χ0n) is 11.3. The van der Waals surface area contributed by atoms with Crippen LogP contribution in [0.5, 0.6) is 0 Å². The molecule has 0 aliphatic heterocycles. The van der Waals surface area contributed by atoms with Gasteiger partial charge in [0.25, 0.3) is 5.56 Å². The fraction of sp³-hybridized carbons (Fsp3) is 0.133. The van der Waals surface area contributed by atoms with E-state index in [0.717, 1.165) is 4.47 Å². The lowest BCUT2D eigenvalue weighted by Gasteiger charge is -2.07. The summed E-state index contributed by atoms with van der Waals surface area (Å²) in [5.41, 5.74) is 0.477. The first kappa shape index (κ1) is 13.8. The van der Waals surface area contributed by atoms with Gasteiger partial charge in [0, 0.05) is 10.9 Å². The quantitative estimate of drug-likeness (QED) is 0.685. The number of hydrogen-bond donors (Lipinski definition) is 0. The van der Waals surface area contributed by atoms with Gasteiger partial charge in [-0.15, -0.1) is 0 Å². The van der Waals surface area contributed by atoms with Crippen molar-refractivity contribution >= 4 is 33.0 Å². The maximum absolute atomic E-state index is 12.6. The van der Waals surface area contributed by atoms with Crippen molar-refractivity contribution in [2.75, 3.05) is 0 Å². The zero-order valence-corrected chi connectivity index (χ0v) is 12.9. The summed E-state index contributed by atoms with van der Waals surface area (Å²) in [6, 6.07) is 8.97. The zero-order chi connectivity index (χ0) is 14.8. The molecular weight excluding hydrogens is 334 g/mol. The van der Waals surface area contributed by atoms with Crippen LogP contribution in [0.2, 0.25) is 0 Å². The van der Waals surface area contributed by atoms with Gasteiger partial charge in [0.05, 0.1) is 23.4 Å². The van der Waals surface area contributed by atoms with Gasteiger partial charge in [-0.1, -0.05) is 22.9 Å². The lowest BCUT2D eigenvalue weighted by atomic mass is 10.2. The van der Waals surface area contributed by atoms with E-state index in [1.54, 1.807) is 24.5 Å². The van der Waals surface area contributed by atoms with Gasteiger partial charge in [0.2, 0.25) is 0 Å². The predicted octanol–water partition coefficient (Wildman–Crippen LogP) is 3.20. The van der Waals surface area contributed by atoms with Gasteiger partial charge in [-0.25, -0.2) is 4.98 Å². The maximum atomic E-state index is 12.6. The number of halogens is 1. The molecule has 6 heteroatoms. The Morgan fingerprint density at radius 2 is 2.29 bits per heavy atom. The van der Waals surface area contributed by atoms with Crippen molar-refractivity contribution in [1.82, 2.24) is 9.66 Å². The van der Waals surface area contributed by atoms with E-state index in [9.17, 15) is 4.79 Å². The Hall–Kier alpha value is -2.21. The average Bonchev–Trinajstić information content (AvgIpc) is 3.00. The second-order valence-corrected chi connectivity index (χ2v) is 5.34. The molecule has 2 heterocycles. The summed E-state index contributed by atoms with van der Waals surface area (Å²) in [7, 11) is 0. The Morgan fingerprint density at radius 1 is 1.43 bits per heavy atom. The molecule has 21 heavy (non-hydrogen) atoms. The number of nitrogens with zero attached hydrogens (tertiary/aromatic N) is 3. The van der Waals surface area contributed by atoms with Crippen molar-refractivity contribution in [2.45, 2.75) is 13.3 Å². The topological polar surface area (TPSA) is 60.4 Å². The number of fused-ring (bicyclic) bond motifs is 1. The second kappa shape index (κ2) is 5.65. The van der Waals surface area contributed by atoms with Crippen molar-refractivity contribution in [3.05, 3.63) is 63.0 Å². The molecule has 5 nitrogen and oxygen atoms in total. The summed E-state index contributed by atoms with van der Waals surface area (Å²) >= 11 is 3.37. The highest BCUT2D eigenvalue weighted by molar-refractivity contribution is 9.10. The van der Waals surface area contributed by atoms with Gasteiger partial charge < -0.3 is 4.42 Å². The van der Waals surface area contributed by atoms with Crippen LogP contribution in [0, 0.1) is 0 Å². The van der Waals surface area contributed by atoms with Crippen molar-refractivity contribution in [3.63, 3.8) is 0 Å². The average molecular weight is 346 g/mol. The SMILES string of the molecule is CCc1nc2ccc(Br)cc2c(=O)n1N=Cc1ccco1. The number of aryl methyl sites for hydroxylation is 1. The summed E-state index contributed by atoms with van der Waals surface area (Å²) in [6.45, 7) is 1.94. The van der Waals surface area contributed by atoms with Crippen LogP contribution in [0.3, 0.4) is 0 Å². The Balaban J connectivity index is 2.20. The van der Waals surface area contributed by atoms with Gasteiger partial charge in [-0.05, 0) is 30.3 Å². The van der Waals surface area contributed by atoms with Gasteiger partial charge in [0.15, 0.2) is 0 Å². The van der Waals surface area contributed by atoms with E-state index in [4.69, 9.17) is 4.42 Å². The summed E-state index contributed by atoms with van der Waals surface area (Å²) in [5, 5.41) is 4.73. The molecule has 0 unspecified atom stereocenters. The number of rotatable bonds is 3. The molecule has 3 rings (SSSR count). The third kappa shape index (κ3) is 2.67. The fourth-order valence-corrected chi connectivity index (χ4v) is 2.38. The molecular formula is C15H12BrN3O2. The lowest BCUT2D eigenvalue weighted by molar-refractivity contribution is 0.559. The molecule has 0 fully saturated rings. The second-order valence-electron chi connectivity index (χ2n) is 4.42. The molecule has 0 radical (unpaired) electrons. The molecule has 0 atom stereocenters. The van der Waals surface area contributed by atoms with Crippen LogP contribution >= 0.6 is 15.9 Å². The van der Waals surface area contributed by atoms with Crippen molar-refractivity contribution in [1.29, 1.82) is 0 Å². The largest absolute Gasteiger partial charge is 0.463 e. The van der Waals surface area contributed by atoms with Gasteiger partial charge in [-0.2, -0.15) is 9.78 Å². The van der Waals surface area contributed by atoms with E-state index in [0.29, 0.717) is 28.9 Å².